The van der Waals surface area contributed by atoms with Crippen molar-refractivity contribution in [3.05, 3.63) is 54.7 Å². The van der Waals surface area contributed by atoms with Gasteiger partial charge in [-0.3, -0.25) is 19.5 Å². The van der Waals surface area contributed by atoms with Crippen molar-refractivity contribution in [3.63, 3.8) is 0 Å². The monoisotopic (exact) mass is 406 g/mol. The Morgan fingerprint density at radius 1 is 1.30 bits per heavy atom. The Hall–Kier alpha value is -3.59. The minimum atomic E-state index is -0.172. The van der Waals surface area contributed by atoms with Gasteiger partial charge in [0.25, 0.3) is 0 Å². The number of likely N-dealkylation sites (N-methyl/N-ethyl adjacent to an activating group) is 1. The molecule has 30 heavy (non-hydrogen) atoms. The molecule has 1 N–H and O–H groups in total. The van der Waals surface area contributed by atoms with Crippen molar-refractivity contribution < 1.29 is 14.1 Å². The summed E-state index contributed by atoms with van der Waals surface area (Å²) in [6, 6.07) is 11.0. The number of rotatable bonds is 7. The Morgan fingerprint density at radius 3 is 2.97 bits per heavy atom. The number of nitrogens with one attached hydrogen (secondary N) is 1. The zero-order valence-corrected chi connectivity index (χ0v) is 16.6. The number of nitrogens with zero attached hydrogens (tertiary/aromatic N) is 5. The van der Waals surface area contributed by atoms with Gasteiger partial charge in [0.05, 0.1) is 13.1 Å². The van der Waals surface area contributed by atoms with Crippen LogP contribution in [0.5, 0.6) is 0 Å². The van der Waals surface area contributed by atoms with Crippen LogP contribution in [-0.4, -0.2) is 52.0 Å². The second-order valence-corrected chi connectivity index (χ2v) is 7.17. The predicted octanol–water partition coefficient (Wildman–Crippen LogP) is 2.33. The summed E-state index contributed by atoms with van der Waals surface area (Å²) in [5.74, 6) is 0.820. The minimum Gasteiger partial charge on any atom is -0.338 e. The van der Waals surface area contributed by atoms with E-state index in [0.29, 0.717) is 36.9 Å². The fourth-order valence-electron chi connectivity index (χ4n) is 3.34. The number of hydrogen-bond donors (Lipinski definition) is 1. The van der Waals surface area contributed by atoms with Crippen molar-refractivity contribution in [2.24, 2.45) is 0 Å². The standard InChI is InChI=1S/C21H22N6O3/c1-26(14-19-24-21(25-30-19)15-5-3-9-22-12-15)13-18(28)23-16-6-2-7-17(11-16)27-10-4-8-20(27)29/h2-3,5-7,9,11-12H,4,8,10,13-14H2,1H3,(H,23,28). The lowest BCUT2D eigenvalue weighted by molar-refractivity contribution is -0.117. The topological polar surface area (TPSA) is 104 Å². The largest absolute Gasteiger partial charge is 0.338 e. The maximum atomic E-state index is 12.4. The van der Waals surface area contributed by atoms with Gasteiger partial charge in [0.15, 0.2) is 0 Å². The molecule has 0 bridgehead atoms. The molecule has 1 aliphatic rings. The lowest BCUT2D eigenvalue weighted by atomic mass is 10.2. The average molecular weight is 406 g/mol. The number of amides is 2. The molecular formula is C21H22N6O3. The Kier molecular flexibility index (Phi) is 5.80. The third-order valence-corrected chi connectivity index (χ3v) is 4.72. The molecule has 0 saturated carbocycles. The fraction of sp³-hybridized carbons (Fsp3) is 0.286. The van der Waals surface area contributed by atoms with Crippen LogP contribution >= 0.6 is 0 Å². The van der Waals surface area contributed by atoms with Crippen molar-refractivity contribution in [2.45, 2.75) is 19.4 Å². The molecule has 9 nitrogen and oxygen atoms in total. The summed E-state index contributed by atoms with van der Waals surface area (Å²) in [6.07, 6.45) is 4.77. The van der Waals surface area contributed by atoms with E-state index in [1.165, 1.54) is 0 Å². The first-order valence-corrected chi connectivity index (χ1v) is 9.70. The maximum absolute atomic E-state index is 12.4. The van der Waals surface area contributed by atoms with E-state index >= 15 is 0 Å². The van der Waals surface area contributed by atoms with Gasteiger partial charge in [-0.05, 0) is 43.8 Å². The summed E-state index contributed by atoms with van der Waals surface area (Å²) in [6.45, 7) is 1.20. The van der Waals surface area contributed by atoms with E-state index in [4.69, 9.17) is 4.52 Å². The van der Waals surface area contributed by atoms with Gasteiger partial charge in [-0.2, -0.15) is 4.98 Å². The van der Waals surface area contributed by atoms with Gasteiger partial charge in [-0.1, -0.05) is 11.2 Å². The number of aromatic nitrogens is 3. The van der Waals surface area contributed by atoms with Crippen molar-refractivity contribution in [3.8, 4) is 11.4 Å². The van der Waals surface area contributed by atoms with Gasteiger partial charge < -0.3 is 14.7 Å². The molecule has 2 aromatic heterocycles. The Balaban J connectivity index is 1.32. The molecule has 3 aromatic rings. The molecule has 9 heteroatoms. The molecule has 1 aliphatic heterocycles. The summed E-state index contributed by atoms with van der Waals surface area (Å²) >= 11 is 0. The molecule has 2 amide bonds. The Labute approximate surface area is 173 Å². The van der Waals surface area contributed by atoms with Crippen LogP contribution in [0, 0.1) is 0 Å². The highest BCUT2D eigenvalue weighted by Crippen LogP contribution is 2.24. The normalized spacial score (nSPS) is 13.8. The molecule has 3 heterocycles. The smallest absolute Gasteiger partial charge is 0.241 e. The van der Waals surface area contributed by atoms with Gasteiger partial charge in [-0.15, -0.1) is 0 Å². The van der Waals surface area contributed by atoms with Gasteiger partial charge in [-0.25, -0.2) is 0 Å². The number of benzene rings is 1. The van der Waals surface area contributed by atoms with Crippen molar-refractivity contribution in [1.82, 2.24) is 20.0 Å². The first-order chi connectivity index (χ1) is 14.6. The molecule has 1 aromatic carbocycles. The van der Waals surface area contributed by atoms with E-state index in [-0.39, 0.29) is 18.4 Å². The Bertz CT molecular complexity index is 1040. The Morgan fingerprint density at radius 2 is 2.20 bits per heavy atom. The summed E-state index contributed by atoms with van der Waals surface area (Å²) in [7, 11) is 1.80. The number of pyridine rings is 1. The van der Waals surface area contributed by atoms with Crippen LogP contribution < -0.4 is 10.2 Å². The third kappa shape index (κ3) is 4.69. The van der Waals surface area contributed by atoms with Gasteiger partial charge >= 0.3 is 0 Å². The average Bonchev–Trinajstić information content (AvgIpc) is 3.37. The van der Waals surface area contributed by atoms with E-state index in [0.717, 1.165) is 17.7 Å². The fourth-order valence-corrected chi connectivity index (χ4v) is 3.34. The highest BCUT2D eigenvalue weighted by Gasteiger charge is 2.22. The number of hydrogen-bond acceptors (Lipinski definition) is 7. The van der Waals surface area contributed by atoms with Crippen LogP contribution in [-0.2, 0) is 16.1 Å². The second-order valence-electron chi connectivity index (χ2n) is 7.17. The highest BCUT2D eigenvalue weighted by molar-refractivity contribution is 5.97. The van der Waals surface area contributed by atoms with Crippen LogP contribution in [0.1, 0.15) is 18.7 Å². The zero-order valence-electron chi connectivity index (χ0n) is 16.6. The van der Waals surface area contributed by atoms with E-state index in [9.17, 15) is 9.59 Å². The van der Waals surface area contributed by atoms with Crippen molar-refractivity contribution in [1.29, 1.82) is 0 Å². The van der Waals surface area contributed by atoms with Crippen LogP contribution in [0.2, 0.25) is 0 Å². The molecule has 0 spiro atoms. The molecule has 154 valence electrons. The number of anilines is 2. The SMILES string of the molecule is CN(CC(=O)Nc1cccc(N2CCCC2=O)c1)Cc1nc(-c2cccnc2)no1. The lowest BCUT2D eigenvalue weighted by Gasteiger charge is -2.17. The highest BCUT2D eigenvalue weighted by atomic mass is 16.5. The third-order valence-electron chi connectivity index (χ3n) is 4.72. The molecule has 0 aliphatic carbocycles. The number of carbonyl (C=O) groups excluding carboxylic acids is 2. The first-order valence-electron chi connectivity index (χ1n) is 9.70. The molecule has 1 fully saturated rings. The van der Waals surface area contributed by atoms with E-state index in [1.54, 1.807) is 41.4 Å². The van der Waals surface area contributed by atoms with E-state index < -0.39 is 0 Å². The number of carbonyl (C=O) groups is 2. The van der Waals surface area contributed by atoms with Gasteiger partial charge in [0.1, 0.15) is 0 Å². The van der Waals surface area contributed by atoms with Crippen molar-refractivity contribution in [2.75, 3.05) is 30.4 Å². The minimum absolute atomic E-state index is 0.114. The second kappa shape index (κ2) is 8.83. The summed E-state index contributed by atoms with van der Waals surface area (Å²) in [5.41, 5.74) is 2.23. The summed E-state index contributed by atoms with van der Waals surface area (Å²) < 4.78 is 5.27. The zero-order chi connectivity index (χ0) is 20.9. The predicted molar refractivity (Wildman–Crippen MR) is 111 cm³/mol. The van der Waals surface area contributed by atoms with Gasteiger partial charge in [0, 0.05) is 42.3 Å². The molecule has 0 radical (unpaired) electrons. The van der Waals surface area contributed by atoms with Crippen molar-refractivity contribution >= 4 is 23.2 Å². The quantitative estimate of drug-likeness (QED) is 0.642. The van der Waals surface area contributed by atoms with Crippen LogP contribution in [0.3, 0.4) is 0 Å². The van der Waals surface area contributed by atoms with Crippen LogP contribution in [0.25, 0.3) is 11.4 Å². The maximum Gasteiger partial charge on any atom is 0.241 e. The molecule has 4 rings (SSSR count). The van der Waals surface area contributed by atoms with Crippen LogP contribution in [0.4, 0.5) is 11.4 Å². The van der Waals surface area contributed by atoms with Gasteiger partial charge in [0.2, 0.25) is 23.5 Å². The molecule has 0 unspecified atom stereocenters. The molecule has 1 saturated heterocycles. The molecular weight excluding hydrogens is 384 g/mol. The first kappa shape index (κ1) is 19.7. The summed E-state index contributed by atoms with van der Waals surface area (Å²) in [5, 5.41) is 6.83. The lowest BCUT2D eigenvalue weighted by Crippen LogP contribution is -2.30. The molecule has 0 atom stereocenters. The van der Waals surface area contributed by atoms with E-state index in [2.05, 4.69) is 20.4 Å². The van der Waals surface area contributed by atoms with Crippen LogP contribution in [0.15, 0.2) is 53.3 Å². The summed E-state index contributed by atoms with van der Waals surface area (Å²) in [4.78, 5) is 36.3. The van der Waals surface area contributed by atoms with E-state index in [1.807, 2.05) is 24.3 Å².